The molecule has 0 unspecified atom stereocenters. The van der Waals surface area contributed by atoms with Crippen LogP contribution in [0.1, 0.15) is 5.56 Å². The predicted octanol–water partition coefficient (Wildman–Crippen LogP) is 3.62. The number of benzene rings is 2. The number of hydrogen-bond acceptors (Lipinski definition) is 3. The highest BCUT2D eigenvalue weighted by Crippen LogP contribution is 2.35. The molecule has 0 atom stereocenters. The zero-order valence-corrected chi connectivity index (χ0v) is 11.6. The van der Waals surface area contributed by atoms with Crippen molar-refractivity contribution in [1.29, 1.82) is 0 Å². The van der Waals surface area contributed by atoms with E-state index in [1.54, 1.807) is 7.11 Å². The van der Waals surface area contributed by atoms with Gasteiger partial charge in [0.15, 0.2) is 0 Å². The van der Waals surface area contributed by atoms with Crippen LogP contribution >= 0.6 is 15.9 Å². The summed E-state index contributed by atoms with van der Waals surface area (Å²) in [7, 11) is 1.58. The second-order valence-corrected chi connectivity index (χ2v) is 4.71. The third-order valence-electron chi connectivity index (χ3n) is 2.53. The smallest absolute Gasteiger partial charge is 0.147 e. The number of nitrogen functional groups attached to an aromatic ring is 1. The van der Waals surface area contributed by atoms with Gasteiger partial charge < -0.3 is 15.2 Å². The second kappa shape index (κ2) is 5.78. The molecule has 0 radical (unpaired) electrons. The Morgan fingerprint density at radius 3 is 2.44 bits per heavy atom. The van der Waals surface area contributed by atoms with Gasteiger partial charge in [-0.2, -0.15) is 0 Å². The molecule has 0 aliphatic rings. The van der Waals surface area contributed by atoms with Gasteiger partial charge in [0.25, 0.3) is 0 Å². The van der Waals surface area contributed by atoms with Crippen LogP contribution in [0.2, 0.25) is 0 Å². The molecule has 2 N–H and O–H groups in total. The van der Waals surface area contributed by atoms with E-state index in [9.17, 15) is 0 Å². The van der Waals surface area contributed by atoms with Gasteiger partial charge in [-0.05, 0) is 17.7 Å². The minimum absolute atomic E-state index is 0.477. The Morgan fingerprint density at radius 1 is 1.11 bits per heavy atom. The summed E-state index contributed by atoms with van der Waals surface area (Å²) in [4.78, 5) is 0. The molecule has 94 valence electrons. The molecule has 0 aliphatic heterocycles. The van der Waals surface area contributed by atoms with Crippen LogP contribution in [0.15, 0.2) is 46.9 Å². The van der Waals surface area contributed by atoms with Crippen molar-refractivity contribution in [2.75, 3.05) is 12.8 Å². The van der Waals surface area contributed by atoms with Gasteiger partial charge in [-0.15, -0.1) is 0 Å². The van der Waals surface area contributed by atoms with Crippen molar-refractivity contribution in [1.82, 2.24) is 0 Å². The molecule has 0 saturated heterocycles. The van der Waals surface area contributed by atoms with Crippen molar-refractivity contribution >= 4 is 21.6 Å². The molecule has 0 saturated carbocycles. The van der Waals surface area contributed by atoms with E-state index in [1.807, 2.05) is 42.5 Å². The van der Waals surface area contributed by atoms with E-state index in [-0.39, 0.29) is 0 Å². The lowest BCUT2D eigenvalue weighted by atomic mass is 10.2. The summed E-state index contributed by atoms with van der Waals surface area (Å²) in [5, 5.41) is 0. The Labute approximate surface area is 115 Å². The van der Waals surface area contributed by atoms with Crippen molar-refractivity contribution in [3.05, 3.63) is 52.5 Å². The molecular weight excluding hydrogens is 294 g/mol. The first kappa shape index (κ1) is 12.8. The van der Waals surface area contributed by atoms with E-state index in [0.29, 0.717) is 23.8 Å². The number of anilines is 1. The van der Waals surface area contributed by atoms with E-state index < -0.39 is 0 Å². The number of methoxy groups -OCH3 is 1. The van der Waals surface area contributed by atoms with Gasteiger partial charge >= 0.3 is 0 Å². The van der Waals surface area contributed by atoms with E-state index in [2.05, 4.69) is 15.9 Å². The Bertz CT molecular complexity index is 529. The minimum atomic E-state index is 0.477. The lowest BCUT2D eigenvalue weighted by Gasteiger charge is -2.12. The van der Waals surface area contributed by atoms with Crippen molar-refractivity contribution in [2.24, 2.45) is 0 Å². The van der Waals surface area contributed by atoms with E-state index >= 15 is 0 Å². The van der Waals surface area contributed by atoms with Crippen LogP contribution in [0.5, 0.6) is 11.5 Å². The average molecular weight is 308 g/mol. The SMILES string of the molecule is COc1cc(Br)cc(OCc2ccccc2)c1N. The van der Waals surface area contributed by atoms with Gasteiger partial charge in [0.2, 0.25) is 0 Å². The van der Waals surface area contributed by atoms with Crippen LogP contribution in [-0.2, 0) is 6.61 Å². The van der Waals surface area contributed by atoms with Gasteiger partial charge in [0.1, 0.15) is 23.8 Å². The molecule has 0 fully saturated rings. The fourth-order valence-electron chi connectivity index (χ4n) is 1.59. The highest BCUT2D eigenvalue weighted by atomic mass is 79.9. The first-order valence-corrected chi connectivity index (χ1v) is 6.29. The lowest BCUT2D eigenvalue weighted by Crippen LogP contribution is -2.00. The van der Waals surface area contributed by atoms with Gasteiger partial charge in [0, 0.05) is 4.47 Å². The standard InChI is InChI=1S/C14H14BrNO2/c1-17-12-7-11(15)8-13(14(12)16)18-9-10-5-3-2-4-6-10/h2-8H,9,16H2,1H3. The molecule has 18 heavy (non-hydrogen) atoms. The fraction of sp³-hybridized carbons (Fsp3) is 0.143. The normalized spacial score (nSPS) is 10.1. The summed E-state index contributed by atoms with van der Waals surface area (Å²) >= 11 is 3.40. The lowest BCUT2D eigenvalue weighted by molar-refractivity contribution is 0.305. The molecule has 4 heteroatoms. The average Bonchev–Trinajstić information content (AvgIpc) is 2.40. The largest absolute Gasteiger partial charge is 0.494 e. The molecule has 0 heterocycles. The topological polar surface area (TPSA) is 44.5 Å². The number of nitrogens with two attached hydrogens (primary N) is 1. The van der Waals surface area contributed by atoms with E-state index in [1.165, 1.54) is 0 Å². The molecule has 0 aromatic heterocycles. The maximum absolute atomic E-state index is 5.96. The molecule has 0 aliphatic carbocycles. The van der Waals surface area contributed by atoms with Crippen LogP contribution in [0.3, 0.4) is 0 Å². The van der Waals surface area contributed by atoms with Crippen LogP contribution in [0.25, 0.3) is 0 Å². The van der Waals surface area contributed by atoms with E-state index in [0.717, 1.165) is 10.0 Å². The van der Waals surface area contributed by atoms with Crippen molar-refractivity contribution in [2.45, 2.75) is 6.61 Å². The molecule has 0 spiro atoms. The summed E-state index contributed by atoms with van der Waals surface area (Å²) in [5.41, 5.74) is 7.56. The van der Waals surface area contributed by atoms with Crippen LogP contribution in [0.4, 0.5) is 5.69 Å². The molecule has 3 nitrogen and oxygen atoms in total. The van der Waals surface area contributed by atoms with Crippen LogP contribution in [-0.4, -0.2) is 7.11 Å². The molecule has 2 rings (SSSR count). The quantitative estimate of drug-likeness (QED) is 0.877. The monoisotopic (exact) mass is 307 g/mol. The third kappa shape index (κ3) is 2.96. The van der Waals surface area contributed by atoms with Crippen molar-refractivity contribution in [3.8, 4) is 11.5 Å². The molecule has 0 bridgehead atoms. The zero-order valence-electron chi connectivity index (χ0n) is 10.0. The summed E-state index contributed by atoms with van der Waals surface area (Å²) in [6.45, 7) is 0.477. The maximum Gasteiger partial charge on any atom is 0.147 e. The number of halogens is 1. The van der Waals surface area contributed by atoms with Gasteiger partial charge in [-0.1, -0.05) is 46.3 Å². The zero-order chi connectivity index (χ0) is 13.0. The Balaban J connectivity index is 2.17. The van der Waals surface area contributed by atoms with Gasteiger partial charge in [-0.25, -0.2) is 0 Å². The third-order valence-corrected chi connectivity index (χ3v) is 2.98. The second-order valence-electron chi connectivity index (χ2n) is 3.79. The van der Waals surface area contributed by atoms with Gasteiger partial charge in [-0.3, -0.25) is 0 Å². The van der Waals surface area contributed by atoms with E-state index in [4.69, 9.17) is 15.2 Å². The Morgan fingerprint density at radius 2 is 1.78 bits per heavy atom. The van der Waals surface area contributed by atoms with Gasteiger partial charge in [0.05, 0.1) is 7.11 Å². The molecule has 2 aromatic rings. The van der Waals surface area contributed by atoms with Crippen molar-refractivity contribution < 1.29 is 9.47 Å². The summed E-state index contributed by atoms with van der Waals surface area (Å²) in [6.07, 6.45) is 0. The number of rotatable bonds is 4. The summed E-state index contributed by atoms with van der Waals surface area (Å²) < 4.78 is 11.8. The first-order chi connectivity index (χ1) is 8.70. The maximum atomic E-state index is 5.96. The Kier molecular flexibility index (Phi) is 4.10. The molecular formula is C14H14BrNO2. The Hall–Kier alpha value is -1.68. The highest BCUT2D eigenvalue weighted by molar-refractivity contribution is 9.10. The van der Waals surface area contributed by atoms with Crippen LogP contribution in [0, 0.1) is 0 Å². The summed E-state index contributed by atoms with van der Waals surface area (Å²) in [5.74, 6) is 1.22. The molecule has 2 aromatic carbocycles. The first-order valence-electron chi connectivity index (χ1n) is 5.50. The number of ether oxygens (including phenoxy) is 2. The summed E-state index contributed by atoms with van der Waals surface area (Å²) in [6, 6.07) is 13.6. The number of hydrogen-bond donors (Lipinski definition) is 1. The highest BCUT2D eigenvalue weighted by Gasteiger charge is 2.09. The molecule has 0 amide bonds. The predicted molar refractivity (Wildman–Crippen MR) is 75.9 cm³/mol. The van der Waals surface area contributed by atoms with Crippen LogP contribution < -0.4 is 15.2 Å². The fourth-order valence-corrected chi connectivity index (χ4v) is 2.01. The minimum Gasteiger partial charge on any atom is -0.494 e. The van der Waals surface area contributed by atoms with Crippen molar-refractivity contribution in [3.63, 3.8) is 0 Å².